The van der Waals surface area contributed by atoms with Crippen LogP contribution in [0.2, 0.25) is 0 Å². The topological polar surface area (TPSA) is 61.4 Å². The first-order chi connectivity index (χ1) is 8.81. The van der Waals surface area contributed by atoms with Crippen LogP contribution in [0.4, 0.5) is 4.79 Å². The predicted molar refractivity (Wildman–Crippen MR) is 75.6 cm³/mol. The summed E-state index contributed by atoms with van der Waals surface area (Å²) in [5, 5.41) is 14.3. The van der Waals surface area contributed by atoms with Crippen molar-refractivity contribution in [3.63, 3.8) is 0 Å². The average molecular weight is 256 g/mol. The minimum absolute atomic E-state index is 0.0538. The van der Waals surface area contributed by atoms with E-state index in [2.05, 4.69) is 23.6 Å². The van der Waals surface area contributed by atoms with Crippen LogP contribution in [0.3, 0.4) is 0 Å². The third-order valence-corrected chi connectivity index (χ3v) is 2.61. The lowest BCUT2D eigenvalue weighted by molar-refractivity contribution is 0.240. The third-order valence-electron chi connectivity index (χ3n) is 2.61. The fraction of sp³-hybridized carbons (Fsp3) is 0.786. The van der Waals surface area contributed by atoms with Gasteiger partial charge in [0.2, 0.25) is 0 Å². The quantitative estimate of drug-likeness (QED) is 0.393. The molecule has 2 amide bonds. The van der Waals surface area contributed by atoms with Crippen LogP contribution in [0.25, 0.3) is 0 Å². The molecule has 0 aromatic rings. The fourth-order valence-electron chi connectivity index (χ4n) is 1.54. The van der Waals surface area contributed by atoms with E-state index in [0.29, 0.717) is 0 Å². The van der Waals surface area contributed by atoms with Gasteiger partial charge in [0.25, 0.3) is 0 Å². The van der Waals surface area contributed by atoms with Gasteiger partial charge in [0, 0.05) is 19.7 Å². The van der Waals surface area contributed by atoms with Gasteiger partial charge < -0.3 is 15.7 Å². The zero-order valence-corrected chi connectivity index (χ0v) is 11.6. The average Bonchev–Trinajstić information content (AvgIpc) is 2.38. The summed E-state index contributed by atoms with van der Waals surface area (Å²) in [6, 6.07) is -0.0538. The van der Waals surface area contributed by atoms with Crippen molar-refractivity contribution in [2.75, 3.05) is 19.7 Å². The molecule has 4 nitrogen and oxygen atoms in total. The smallest absolute Gasteiger partial charge is 0.314 e. The number of urea groups is 1. The van der Waals surface area contributed by atoms with Gasteiger partial charge in [0.1, 0.15) is 0 Å². The molecule has 0 rings (SSSR count). The van der Waals surface area contributed by atoms with E-state index in [9.17, 15) is 4.79 Å². The van der Waals surface area contributed by atoms with Crippen LogP contribution >= 0.6 is 0 Å². The van der Waals surface area contributed by atoms with E-state index in [-0.39, 0.29) is 12.6 Å². The van der Waals surface area contributed by atoms with Crippen LogP contribution < -0.4 is 10.6 Å². The van der Waals surface area contributed by atoms with Gasteiger partial charge in [-0.2, -0.15) is 0 Å². The van der Waals surface area contributed by atoms with Crippen molar-refractivity contribution < 1.29 is 9.90 Å². The number of hydrogen-bond donors (Lipinski definition) is 3. The van der Waals surface area contributed by atoms with E-state index in [1.807, 2.05) is 6.08 Å². The minimum Gasteiger partial charge on any atom is -0.396 e. The molecule has 4 heteroatoms. The first-order valence-electron chi connectivity index (χ1n) is 7.08. The van der Waals surface area contributed by atoms with Crippen molar-refractivity contribution in [2.45, 2.75) is 51.9 Å². The summed E-state index contributed by atoms with van der Waals surface area (Å²) in [6.45, 7) is 3.86. The Bertz CT molecular complexity index is 218. The van der Waals surface area contributed by atoms with Crippen molar-refractivity contribution in [3.8, 4) is 0 Å². The Morgan fingerprint density at radius 3 is 2.22 bits per heavy atom. The number of carbonyl (C=O) groups excluding carboxylic acids is 1. The SMILES string of the molecule is CCCCCNC(=O)NCCCCC=CCCO. The number of allylic oxidation sites excluding steroid dienone is 1. The van der Waals surface area contributed by atoms with Crippen LogP contribution in [-0.2, 0) is 0 Å². The molecule has 0 aliphatic heterocycles. The van der Waals surface area contributed by atoms with Crippen molar-refractivity contribution in [3.05, 3.63) is 12.2 Å². The molecule has 0 unspecified atom stereocenters. The highest BCUT2D eigenvalue weighted by atomic mass is 16.2. The van der Waals surface area contributed by atoms with Gasteiger partial charge in [-0.15, -0.1) is 0 Å². The zero-order chi connectivity index (χ0) is 13.5. The molecule has 0 aliphatic rings. The van der Waals surface area contributed by atoms with Crippen LogP contribution in [0.15, 0.2) is 12.2 Å². The van der Waals surface area contributed by atoms with Gasteiger partial charge in [0.15, 0.2) is 0 Å². The van der Waals surface area contributed by atoms with Gasteiger partial charge >= 0.3 is 6.03 Å². The highest BCUT2D eigenvalue weighted by molar-refractivity contribution is 5.73. The minimum atomic E-state index is -0.0538. The summed E-state index contributed by atoms with van der Waals surface area (Å²) in [4.78, 5) is 11.3. The van der Waals surface area contributed by atoms with Crippen LogP contribution in [-0.4, -0.2) is 30.8 Å². The largest absolute Gasteiger partial charge is 0.396 e. The normalized spacial score (nSPS) is 10.8. The molecule has 0 bridgehead atoms. The molecule has 0 atom stereocenters. The van der Waals surface area contributed by atoms with E-state index >= 15 is 0 Å². The Morgan fingerprint density at radius 2 is 1.61 bits per heavy atom. The molecular weight excluding hydrogens is 228 g/mol. The lowest BCUT2D eigenvalue weighted by Crippen LogP contribution is -2.36. The first kappa shape index (κ1) is 17.0. The van der Waals surface area contributed by atoms with Gasteiger partial charge in [0.05, 0.1) is 0 Å². The Hall–Kier alpha value is -1.03. The maximum atomic E-state index is 11.3. The molecule has 0 radical (unpaired) electrons. The van der Waals surface area contributed by atoms with Gasteiger partial charge in [-0.25, -0.2) is 4.79 Å². The summed E-state index contributed by atoms with van der Waals surface area (Å²) in [6.07, 6.45) is 11.3. The molecule has 18 heavy (non-hydrogen) atoms. The standard InChI is InChI=1S/C14H28N2O2/c1-2-3-8-11-15-14(18)16-12-9-6-4-5-7-10-13-17/h5,7,17H,2-4,6,8-13H2,1H3,(H2,15,16,18). The van der Waals surface area contributed by atoms with Crippen LogP contribution in [0, 0.1) is 0 Å². The highest BCUT2D eigenvalue weighted by Crippen LogP contribution is 1.96. The molecule has 0 heterocycles. The van der Waals surface area contributed by atoms with Crippen molar-refractivity contribution >= 4 is 6.03 Å². The Kier molecular flexibility index (Phi) is 13.2. The molecule has 0 saturated carbocycles. The van der Waals surface area contributed by atoms with Gasteiger partial charge in [-0.05, 0) is 32.1 Å². The number of rotatable bonds is 11. The number of hydrogen-bond acceptors (Lipinski definition) is 2. The number of amides is 2. The fourth-order valence-corrected chi connectivity index (χ4v) is 1.54. The number of aliphatic hydroxyl groups is 1. The molecule has 3 N–H and O–H groups in total. The molecular formula is C14H28N2O2. The summed E-state index contributed by atoms with van der Waals surface area (Å²) in [5.41, 5.74) is 0. The summed E-state index contributed by atoms with van der Waals surface area (Å²) in [7, 11) is 0. The molecule has 0 fully saturated rings. The second-order valence-electron chi connectivity index (χ2n) is 4.37. The summed E-state index contributed by atoms with van der Waals surface area (Å²) in [5.74, 6) is 0. The van der Waals surface area contributed by atoms with Gasteiger partial charge in [-0.3, -0.25) is 0 Å². The van der Waals surface area contributed by atoms with Crippen molar-refractivity contribution in [2.24, 2.45) is 0 Å². The second kappa shape index (κ2) is 14.0. The Labute approximate surface area is 111 Å². The molecule has 106 valence electrons. The van der Waals surface area contributed by atoms with E-state index in [4.69, 9.17) is 5.11 Å². The molecule has 0 aromatic heterocycles. The monoisotopic (exact) mass is 256 g/mol. The second-order valence-corrected chi connectivity index (χ2v) is 4.37. The molecule has 0 aliphatic carbocycles. The zero-order valence-electron chi connectivity index (χ0n) is 11.6. The Morgan fingerprint density at radius 1 is 1.00 bits per heavy atom. The Balaban J connectivity index is 3.20. The maximum absolute atomic E-state index is 11.3. The number of aliphatic hydroxyl groups excluding tert-OH is 1. The predicted octanol–water partition coefficient (Wildman–Crippen LogP) is 2.58. The number of nitrogens with one attached hydrogen (secondary N) is 2. The van der Waals surface area contributed by atoms with Crippen molar-refractivity contribution in [1.29, 1.82) is 0 Å². The van der Waals surface area contributed by atoms with Crippen LogP contribution in [0.1, 0.15) is 51.9 Å². The maximum Gasteiger partial charge on any atom is 0.314 e. The highest BCUT2D eigenvalue weighted by Gasteiger charge is 1.97. The van der Waals surface area contributed by atoms with Crippen LogP contribution in [0.5, 0.6) is 0 Å². The van der Waals surface area contributed by atoms with E-state index in [1.165, 1.54) is 12.8 Å². The first-order valence-corrected chi connectivity index (χ1v) is 7.08. The van der Waals surface area contributed by atoms with E-state index in [1.54, 1.807) is 0 Å². The number of unbranched alkanes of at least 4 members (excludes halogenated alkanes) is 4. The molecule has 0 saturated heterocycles. The van der Waals surface area contributed by atoms with Crippen molar-refractivity contribution in [1.82, 2.24) is 10.6 Å². The summed E-state index contributed by atoms with van der Waals surface area (Å²) >= 11 is 0. The summed E-state index contributed by atoms with van der Waals surface area (Å²) < 4.78 is 0. The van der Waals surface area contributed by atoms with E-state index < -0.39 is 0 Å². The van der Waals surface area contributed by atoms with E-state index in [0.717, 1.165) is 45.2 Å². The molecule has 0 aromatic carbocycles. The molecule has 0 spiro atoms. The van der Waals surface area contributed by atoms with Gasteiger partial charge in [-0.1, -0.05) is 31.9 Å². The third kappa shape index (κ3) is 13.0. The number of carbonyl (C=O) groups is 1. The lowest BCUT2D eigenvalue weighted by Gasteiger charge is -2.06. The lowest BCUT2D eigenvalue weighted by atomic mass is 10.2.